The van der Waals surface area contributed by atoms with Gasteiger partial charge in [0.25, 0.3) is 0 Å². The number of phenolic OH excluding ortho intramolecular Hbond substituents is 1. The molecule has 1 aromatic carbocycles. The van der Waals surface area contributed by atoms with Gasteiger partial charge in [-0.2, -0.15) is 18.4 Å². The monoisotopic (exact) mass is 544 g/mol. The minimum Gasteiger partial charge on any atom is -0.508 e. The van der Waals surface area contributed by atoms with Crippen molar-refractivity contribution >= 4 is 38.3 Å². The Hall–Kier alpha value is -3.40. The second-order valence-corrected chi connectivity index (χ2v) is 10.7. The number of hydrogen-bond donors (Lipinski definition) is 3. The molecule has 38 heavy (non-hydrogen) atoms. The van der Waals surface area contributed by atoms with Gasteiger partial charge in [-0.3, -0.25) is 4.90 Å². The van der Waals surface area contributed by atoms with Crippen molar-refractivity contribution in [3.05, 3.63) is 46.2 Å². The third-order valence-electron chi connectivity index (χ3n) is 7.08. The Morgan fingerprint density at radius 3 is 2.63 bits per heavy atom. The second kappa shape index (κ2) is 10.4. The molecule has 0 saturated carbocycles. The van der Waals surface area contributed by atoms with Gasteiger partial charge in [-0.1, -0.05) is 0 Å². The van der Waals surface area contributed by atoms with E-state index in [2.05, 4.69) is 26.3 Å². The van der Waals surface area contributed by atoms with E-state index in [9.17, 15) is 28.6 Å². The molecular weight excluding hydrogens is 517 g/mol. The van der Waals surface area contributed by atoms with E-state index in [0.29, 0.717) is 28.3 Å². The van der Waals surface area contributed by atoms with Crippen LogP contribution < -0.4 is 5.32 Å². The predicted octanol–water partition coefficient (Wildman–Crippen LogP) is 4.71. The third kappa shape index (κ3) is 5.27. The van der Waals surface area contributed by atoms with Crippen LogP contribution in [0, 0.1) is 18.3 Å². The number of aromatic nitrogens is 3. The molecule has 3 aromatic heterocycles. The van der Waals surface area contributed by atoms with Crippen molar-refractivity contribution < 1.29 is 23.4 Å². The van der Waals surface area contributed by atoms with E-state index in [1.54, 1.807) is 16.7 Å². The molecule has 4 aromatic rings. The van der Waals surface area contributed by atoms with Crippen molar-refractivity contribution in [2.24, 2.45) is 0 Å². The van der Waals surface area contributed by atoms with Crippen LogP contribution in [0.4, 0.5) is 19.0 Å². The lowest BCUT2D eigenvalue weighted by atomic mass is 10.00. The number of phenols is 1. The molecule has 0 bridgehead atoms. The molecule has 5 rings (SSSR count). The first-order valence-electron chi connectivity index (χ1n) is 12.3. The lowest BCUT2D eigenvalue weighted by Gasteiger charge is -2.33. The fraction of sp³-hybridized carbons (Fsp3) is 0.423. The van der Waals surface area contributed by atoms with Crippen molar-refractivity contribution in [2.45, 2.75) is 51.5 Å². The first-order chi connectivity index (χ1) is 18.2. The van der Waals surface area contributed by atoms with Gasteiger partial charge in [0.05, 0.1) is 23.9 Å². The summed E-state index contributed by atoms with van der Waals surface area (Å²) in [6, 6.07) is 7.26. The van der Waals surface area contributed by atoms with E-state index in [1.807, 2.05) is 6.92 Å². The largest absolute Gasteiger partial charge is 0.508 e. The van der Waals surface area contributed by atoms with Crippen LogP contribution in [0.15, 0.2) is 24.5 Å². The predicted molar refractivity (Wildman–Crippen MR) is 139 cm³/mol. The maximum atomic E-state index is 12.8. The molecule has 200 valence electrons. The molecule has 1 fully saturated rings. The van der Waals surface area contributed by atoms with Crippen molar-refractivity contribution in [3.63, 3.8) is 0 Å². The first-order valence-corrected chi connectivity index (χ1v) is 13.1. The molecule has 4 heterocycles. The molecule has 1 aliphatic heterocycles. The fourth-order valence-electron chi connectivity index (χ4n) is 5.18. The van der Waals surface area contributed by atoms with Gasteiger partial charge in [0.2, 0.25) is 0 Å². The molecule has 0 unspecified atom stereocenters. The molecule has 8 nitrogen and oxygen atoms in total. The number of benzene rings is 1. The summed E-state index contributed by atoms with van der Waals surface area (Å²) in [6.07, 6.45) is -2.26. The number of anilines is 1. The fourth-order valence-corrected chi connectivity index (χ4v) is 6.21. The van der Waals surface area contributed by atoms with Gasteiger partial charge in [0.15, 0.2) is 0 Å². The zero-order valence-corrected chi connectivity index (χ0v) is 21.5. The van der Waals surface area contributed by atoms with Crippen LogP contribution in [0.3, 0.4) is 0 Å². The highest BCUT2D eigenvalue weighted by Gasteiger charge is 2.29. The normalized spacial score (nSPS) is 15.4. The van der Waals surface area contributed by atoms with Crippen LogP contribution in [0.5, 0.6) is 5.75 Å². The minimum absolute atomic E-state index is 0.106. The molecule has 1 aliphatic rings. The number of likely N-dealkylation sites (tertiary alicyclic amines) is 1. The molecule has 12 heteroatoms. The average molecular weight is 545 g/mol. The Balaban J connectivity index is 1.27. The Morgan fingerprint density at radius 1 is 1.18 bits per heavy atom. The number of aryl methyl sites for hydroxylation is 1. The molecule has 0 radical (unpaired) electrons. The third-order valence-corrected chi connectivity index (χ3v) is 8.12. The van der Waals surface area contributed by atoms with E-state index in [-0.39, 0.29) is 29.8 Å². The zero-order chi connectivity index (χ0) is 27.0. The van der Waals surface area contributed by atoms with E-state index >= 15 is 0 Å². The number of nitriles is 1. The Bertz CT molecular complexity index is 1520. The maximum Gasteiger partial charge on any atom is 0.393 e. The van der Waals surface area contributed by atoms with Crippen LogP contribution in [-0.4, -0.2) is 61.6 Å². The SMILES string of the molecule is Cc1c(CN2CCC(Nc3ncnc4sc(CC(F)(F)F)cc34)CC2)c(O)cc2c1cc(C#N)n2CCO. The minimum atomic E-state index is -4.27. The number of piperidine rings is 1. The number of aliphatic hydroxyl groups excluding tert-OH is 1. The van der Waals surface area contributed by atoms with Crippen molar-refractivity contribution in [3.8, 4) is 11.8 Å². The number of nitrogens with one attached hydrogen (secondary N) is 1. The summed E-state index contributed by atoms with van der Waals surface area (Å²) in [5.74, 6) is 0.713. The van der Waals surface area contributed by atoms with Crippen LogP contribution in [-0.2, 0) is 19.5 Å². The van der Waals surface area contributed by atoms with Crippen LogP contribution >= 0.6 is 11.3 Å². The average Bonchev–Trinajstić information content (AvgIpc) is 3.43. The highest BCUT2D eigenvalue weighted by Crippen LogP contribution is 2.35. The van der Waals surface area contributed by atoms with E-state index in [4.69, 9.17) is 0 Å². The molecule has 0 spiro atoms. The number of aromatic hydroxyl groups is 1. The van der Waals surface area contributed by atoms with E-state index in [0.717, 1.165) is 59.3 Å². The Morgan fingerprint density at radius 2 is 1.95 bits per heavy atom. The summed E-state index contributed by atoms with van der Waals surface area (Å²) in [5.41, 5.74) is 2.88. The van der Waals surface area contributed by atoms with Gasteiger partial charge in [0, 0.05) is 54.1 Å². The summed E-state index contributed by atoms with van der Waals surface area (Å²) in [6.45, 7) is 4.19. The van der Waals surface area contributed by atoms with E-state index in [1.165, 1.54) is 12.4 Å². The number of halogens is 3. The summed E-state index contributed by atoms with van der Waals surface area (Å²) in [7, 11) is 0. The van der Waals surface area contributed by atoms with Gasteiger partial charge in [-0.15, -0.1) is 11.3 Å². The summed E-state index contributed by atoms with van der Waals surface area (Å²) in [4.78, 5) is 11.4. The number of rotatable bonds is 7. The number of nitrogens with zero attached hydrogens (tertiary/aromatic N) is 5. The van der Waals surface area contributed by atoms with Crippen LogP contribution in [0.25, 0.3) is 21.1 Å². The molecule has 0 atom stereocenters. The highest BCUT2D eigenvalue weighted by atomic mass is 32.1. The Kier molecular flexibility index (Phi) is 7.17. The van der Waals surface area contributed by atoms with Gasteiger partial charge < -0.3 is 20.1 Å². The lowest BCUT2D eigenvalue weighted by molar-refractivity contribution is -0.126. The second-order valence-electron chi connectivity index (χ2n) is 9.59. The van der Waals surface area contributed by atoms with Crippen LogP contribution in [0.1, 0.15) is 34.5 Å². The highest BCUT2D eigenvalue weighted by molar-refractivity contribution is 7.18. The summed E-state index contributed by atoms with van der Waals surface area (Å²) >= 11 is 1.04. The van der Waals surface area contributed by atoms with Gasteiger partial charge in [-0.05, 0) is 37.5 Å². The number of fused-ring (bicyclic) bond motifs is 2. The summed E-state index contributed by atoms with van der Waals surface area (Å²) in [5, 5.41) is 34.6. The Labute approximate surface area is 221 Å². The van der Waals surface area contributed by atoms with Gasteiger partial charge in [-0.25, -0.2) is 9.97 Å². The van der Waals surface area contributed by atoms with Crippen molar-refractivity contribution in [1.29, 1.82) is 5.26 Å². The van der Waals surface area contributed by atoms with E-state index < -0.39 is 12.6 Å². The van der Waals surface area contributed by atoms with Crippen molar-refractivity contribution in [2.75, 3.05) is 25.0 Å². The maximum absolute atomic E-state index is 12.8. The number of alkyl halides is 3. The molecule has 3 N–H and O–H groups in total. The molecular formula is C26H27F3N6O2S. The smallest absolute Gasteiger partial charge is 0.393 e. The number of thiophene rings is 1. The van der Waals surface area contributed by atoms with Gasteiger partial charge in [0.1, 0.15) is 34.5 Å². The topological polar surface area (TPSA) is 110 Å². The number of aliphatic hydroxyl groups is 1. The quantitative estimate of drug-likeness (QED) is 0.309. The molecule has 0 amide bonds. The standard InChI is InChI=1S/C26H27F3N6O2S/c1-15-19-8-17(12-30)35(6-7-36)22(19)10-23(37)21(15)13-34-4-2-16(3-5-34)33-24-20-9-18(11-26(27,28)29)38-25(20)32-14-31-24/h8-10,14,16,36-37H,2-7,11,13H2,1H3,(H,31,32,33). The lowest BCUT2D eigenvalue weighted by Crippen LogP contribution is -2.39. The van der Waals surface area contributed by atoms with Crippen LogP contribution in [0.2, 0.25) is 0 Å². The van der Waals surface area contributed by atoms with Crippen molar-refractivity contribution in [1.82, 2.24) is 19.4 Å². The molecule has 1 saturated heterocycles. The zero-order valence-electron chi connectivity index (χ0n) is 20.7. The summed E-state index contributed by atoms with van der Waals surface area (Å²) < 4.78 is 40.2. The number of hydrogen-bond acceptors (Lipinski definition) is 8. The first kappa shape index (κ1) is 26.2. The molecule has 0 aliphatic carbocycles. The van der Waals surface area contributed by atoms with Gasteiger partial charge >= 0.3 is 6.18 Å².